The van der Waals surface area contributed by atoms with Crippen LogP contribution in [0.2, 0.25) is 0 Å². The molecule has 0 fully saturated rings. The molecular weight excluding hydrogens is 231 g/mol. The van der Waals surface area contributed by atoms with Gasteiger partial charge in [0.05, 0.1) is 11.9 Å². The van der Waals surface area contributed by atoms with Crippen LogP contribution in [0.25, 0.3) is 0 Å². The quantitative estimate of drug-likeness (QED) is 0.841. The molecule has 1 aromatic heterocycles. The number of carbonyl (C=O) groups excluding carboxylic acids is 1. The van der Waals surface area contributed by atoms with Crippen molar-refractivity contribution in [3.8, 4) is 0 Å². The molecule has 0 saturated heterocycles. The van der Waals surface area contributed by atoms with Gasteiger partial charge in [-0.05, 0) is 12.5 Å². The lowest BCUT2D eigenvalue weighted by molar-refractivity contribution is 0.111. The van der Waals surface area contributed by atoms with Crippen LogP contribution >= 0.6 is 0 Å². The van der Waals surface area contributed by atoms with E-state index >= 15 is 0 Å². The molecule has 4 heteroatoms. The number of pyridine rings is 1. The molecule has 1 N–H and O–H groups in total. The number of aldehydes is 1. The summed E-state index contributed by atoms with van der Waals surface area (Å²) in [7, 11) is 0. The van der Waals surface area contributed by atoms with Crippen LogP contribution in [0.5, 0.6) is 0 Å². The lowest BCUT2D eigenvalue weighted by atomic mass is 10.2. The summed E-state index contributed by atoms with van der Waals surface area (Å²) >= 11 is 0. The van der Waals surface area contributed by atoms with E-state index in [4.69, 9.17) is 0 Å². The molecule has 0 radical (unpaired) electrons. The van der Waals surface area contributed by atoms with Crippen LogP contribution < -0.4 is 5.32 Å². The number of nitrogens with one attached hydrogen (secondary N) is 1. The van der Waals surface area contributed by atoms with E-state index in [1.165, 1.54) is 6.20 Å². The highest BCUT2D eigenvalue weighted by Crippen LogP contribution is 2.19. The Kier molecular flexibility index (Phi) is 3.67. The van der Waals surface area contributed by atoms with Gasteiger partial charge in [0, 0.05) is 12.1 Å². The average molecular weight is 244 g/mol. The Hall–Kier alpha value is -2.23. The lowest BCUT2D eigenvalue weighted by Crippen LogP contribution is -2.05. The van der Waals surface area contributed by atoms with Crippen LogP contribution in [-0.4, -0.2) is 11.3 Å². The van der Waals surface area contributed by atoms with Gasteiger partial charge in [-0.25, -0.2) is 9.37 Å². The van der Waals surface area contributed by atoms with Crippen molar-refractivity contribution in [1.29, 1.82) is 0 Å². The highest BCUT2D eigenvalue weighted by molar-refractivity contribution is 5.74. The molecule has 0 bridgehead atoms. The minimum atomic E-state index is -0.567. The number of hydrogen-bond acceptors (Lipinski definition) is 3. The largest absolute Gasteiger partial charge is 0.379 e. The Morgan fingerprint density at radius 1 is 1.33 bits per heavy atom. The predicted molar refractivity (Wildman–Crippen MR) is 68.1 cm³/mol. The lowest BCUT2D eigenvalue weighted by Gasteiger charge is -2.10. The van der Waals surface area contributed by atoms with Gasteiger partial charge < -0.3 is 5.32 Å². The second kappa shape index (κ2) is 5.40. The first kappa shape index (κ1) is 12.2. The van der Waals surface area contributed by atoms with Crippen LogP contribution in [0.3, 0.4) is 0 Å². The zero-order chi connectivity index (χ0) is 13.0. The van der Waals surface area contributed by atoms with Crippen LogP contribution in [0.15, 0.2) is 36.5 Å². The van der Waals surface area contributed by atoms with Crippen LogP contribution in [0, 0.1) is 12.7 Å². The standard InChI is InChI=1S/C14H13FN2O/c1-10-12(8-17-13(9-18)14(10)15)16-7-11-5-3-2-4-6-11/h2-6,8-9,16H,7H2,1H3. The fourth-order valence-electron chi connectivity index (χ4n) is 1.65. The molecular formula is C14H13FN2O. The first-order valence-electron chi connectivity index (χ1n) is 5.60. The van der Waals surface area contributed by atoms with Crippen molar-refractivity contribution in [2.75, 3.05) is 5.32 Å². The van der Waals surface area contributed by atoms with E-state index in [0.717, 1.165) is 5.56 Å². The van der Waals surface area contributed by atoms with Crippen molar-refractivity contribution in [2.45, 2.75) is 13.5 Å². The normalized spacial score (nSPS) is 10.1. The van der Waals surface area contributed by atoms with Gasteiger partial charge >= 0.3 is 0 Å². The molecule has 1 heterocycles. The molecule has 0 aliphatic heterocycles. The average Bonchev–Trinajstić information content (AvgIpc) is 2.42. The van der Waals surface area contributed by atoms with Crippen molar-refractivity contribution in [3.05, 3.63) is 59.2 Å². The van der Waals surface area contributed by atoms with Crippen molar-refractivity contribution in [1.82, 2.24) is 4.98 Å². The first-order chi connectivity index (χ1) is 8.72. The van der Waals surface area contributed by atoms with E-state index in [1.807, 2.05) is 30.3 Å². The maximum absolute atomic E-state index is 13.7. The summed E-state index contributed by atoms with van der Waals surface area (Å²) in [6.45, 7) is 2.21. The molecule has 2 rings (SSSR count). The van der Waals surface area contributed by atoms with E-state index in [0.29, 0.717) is 24.1 Å². The number of benzene rings is 1. The fraction of sp³-hybridized carbons (Fsp3) is 0.143. The maximum Gasteiger partial charge on any atom is 0.171 e. The number of nitrogens with zero attached hydrogens (tertiary/aromatic N) is 1. The van der Waals surface area contributed by atoms with Crippen molar-refractivity contribution in [3.63, 3.8) is 0 Å². The molecule has 3 nitrogen and oxygen atoms in total. The van der Waals surface area contributed by atoms with E-state index < -0.39 is 5.82 Å². The Bertz CT molecular complexity index is 555. The molecule has 0 amide bonds. The Labute approximate surface area is 105 Å². The van der Waals surface area contributed by atoms with Gasteiger partial charge in [-0.1, -0.05) is 30.3 Å². The Morgan fingerprint density at radius 3 is 2.72 bits per heavy atom. The van der Waals surface area contributed by atoms with Gasteiger partial charge in [0.25, 0.3) is 0 Å². The molecule has 0 saturated carbocycles. The molecule has 0 unspecified atom stereocenters. The summed E-state index contributed by atoms with van der Waals surface area (Å²) in [6.07, 6.45) is 1.90. The summed E-state index contributed by atoms with van der Waals surface area (Å²) < 4.78 is 13.7. The second-order valence-electron chi connectivity index (χ2n) is 3.95. The Balaban J connectivity index is 2.15. The van der Waals surface area contributed by atoms with Crippen molar-refractivity contribution >= 4 is 12.0 Å². The van der Waals surface area contributed by atoms with E-state index in [1.54, 1.807) is 6.92 Å². The molecule has 0 aliphatic carbocycles. The summed E-state index contributed by atoms with van der Waals surface area (Å²) in [4.78, 5) is 14.3. The van der Waals surface area contributed by atoms with Crippen LogP contribution in [-0.2, 0) is 6.54 Å². The minimum Gasteiger partial charge on any atom is -0.379 e. The molecule has 18 heavy (non-hydrogen) atoms. The monoisotopic (exact) mass is 244 g/mol. The molecule has 1 aromatic carbocycles. The molecule has 0 aliphatic rings. The van der Waals surface area contributed by atoms with Gasteiger partial charge in [-0.15, -0.1) is 0 Å². The number of anilines is 1. The number of aromatic nitrogens is 1. The van der Waals surface area contributed by atoms with Crippen LogP contribution in [0.1, 0.15) is 21.6 Å². The highest BCUT2D eigenvalue weighted by atomic mass is 19.1. The summed E-state index contributed by atoms with van der Waals surface area (Å²) in [5.41, 5.74) is 1.94. The highest BCUT2D eigenvalue weighted by Gasteiger charge is 2.10. The van der Waals surface area contributed by atoms with Crippen LogP contribution in [0.4, 0.5) is 10.1 Å². The number of carbonyl (C=O) groups is 1. The summed E-state index contributed by atoms with van der Waals surface area (Å²) in [5, 5.41) is 3.10. The zero-order valence-electron chi connectivity index (χ0n) is 9.98. The third-order valence-electron chi connectivity index (χ3n) is 2.73. The van der Waals surface area contributed by atoms with Crippen molar-refractivity contribution in [2.24, 2.45) is 0 Å². The summed E-state index contributed by atoms with van der Waals surface area (Å²) in [6, 6.07) is 9.78. The van der Waals surface area contributed by atoms with Gasteiger partial charge in [0.15, 0.2) is 12.1 Å². The van der Waals surface area contributed by atoms with Gasteiger partial charge in [0.1, 0.15) is 5.69 Å². The number of halogens is 1. The second-order valence-corrected chi connectivity index (χ2v) is 3.95. The Morgan fingerprint density at radius 2 is 2.06 bits per heavy atom. The summed E-state index contributed by atoms with van der Waals surface area (Å²) in [5.74, 6) is -0.567. The number of rotatable bonds is 4. The molecule has 0 atom stereocenters. The molecule has 92 valence electrons. The van der Waals surface area contributed by atoms with Crippen molar-refractivity contribution < 1.29 is 9.18 Å². The topological polar surface area (TPSA) is 42.0 Å². The first-order valence-corrected chi connectivity index (χ1v) is 5.60. The third kappa shape index (κ3) is 2.53. The fourth-order valence-corrected chi connectivity index (χ4v) is 1.65. The van der Waals surface area contributed by atoms with E-state index in [2.05, 4.69) is 10.3 Å². The molecule has 2 aromatic rings. The SMILES string of the molecule is Cc1c(NCc2ccccc2)cnc(C=O)c1F. The molecule has 0 spiro atoms. The van der Waals surface area contributed by atoms with E-state index in [9.17, 15) is 9.18 Å². The van der Waals surface area contributed by atoms with Gasteiger partial charge in [-0.3, -0.25) is 4.79 Å². The zero-order valence-corrected chi connectivity index (χ0v) is 9.98. The predicted octanol–water partition coefficient (Wildman–Crippen LogP) is 2.95. The third-order valence-corrected chi connectivity index (χ3v) is 2.73. The minimum absolute atomic E-state index is 0.155. The maximum atomic E-state index is 13.7. The van der Waals surface area contributed by atoms with Gasteiger partial charge in [-0.2, -0.15) is 0 Å². The smallest absolute Gasteiger partial charge is 0.171 e. The van der Waals surface area contributed by atoms with Gasteiger partial charge in [0.2, 0.25) is 0 Å². The number of hydrogen-bond donors (Lipinski definition) is 1. The van der Waals surface area contributed by atoms with E-state index in [-0.39, 0.29) is 5.69 Å².